The third-order valence-electron chi connectivity index (χ3n) is 5.01. The van der Waals surface area contributed by atoms with Crippen molar-refractivity contribution in [3.8, 4) is 11.5 Å². The minimum Gasteiger partial charge on any atom is -0.459 e. The molecule has 1 aromatic carbocycles. The van der Waals surface area contributed by atoms with E-state index < -0.39 is 17.5 Å². The van der Waals surface area contributed by atoms with Gasteiger partial charge in [-0.25, -0.2) is 0 Å². The summed E-state index contributed by atoms with van der Waals surface area (Å²) < 4.78 is 18.0. The maximum atomic E-state index is 13.6. The Morgan fingerprint density at radius 1 is 1.23 bits per heavy atom. The Kier molecular flexibility index (Phi) is 5.78. The van der Waals surface area contributed by atoms with Crippen LogP contribution in [0.1, 0.15) is 50.6 Å². The number of carbonyl (C=O) groups excluding carboxylic acids is 2. The van der Waals surface area contributed by atoms with E-state index in [1.807, 2.05) is 27.8 Å². The van der Waals surface area contributed by atoms with Crippen molar-refractivity contribution < 1.29 is 23.8 Å². The summed E-state index contributed by atoms with van der Waals surface area (Å²) >= 11 is 0. The fraction of sp³-hybridized carbons (Fsp3) is 0.500. The monoisotopic (exact) mass is 415 g/mol. The molecule has 0 unspecified atom stereocenters. The second-order valence-corrected chi connectivity index (χ2v) is 8.48. The highest BCUT2D eigenvalue weighted by molar-refractivity contribution is 6.01. The van der Waals surface area contributed by atoms with Gasteiger partial charge in [0.2, 0.25) is 12.7 Å². The first-order valence-electron chi connectivity index (χ1n) is 9.91. The number of aryl methyl sites for hydroxylation is 2. The standard InChI is InChI=1S/C22H29N3O5/c1-13(20-14(2)23-24(7)15(20)3)21(27)25(11-19(26)30-22(4,5)6)16-8-9-17-18(10-16)29-12-28-17/h8-10,13H,11-12H2,1-7H3/t13-/m0/s1. The molecule has 8 heteroatoms. The van der Waals surface area contributed by atoms with Crippen molar-refractivity contribution in [2.45, 2.75) is 53.1 Å². The second kappa shape index (κ2) is 8.01. The van der Waals surface area contributed by atoms with Gasteiger partial charge in [-0.3, -0.25) is 14.3 Å². The molecule has 1 amide bonds. The van der Waals surface area contributed by atoms with Crippen LogP contribution in [0.2, 0.25) is 0 Å². The minimum absolute atomic E-state index is 0.128. The summed E-state index contributed by atoms with van der Waals surface area (Å²) in [4.78, 5) is 27.6. The number of carbonyl (C=O) groups is 2. The molecule has 8 nitrogen and oxygen atoms in total. The van der Waals surface area contributed by atoms with Crippen molar-refractivity contribution in [3.63, 3.8) is 0 Å². The van der Waals surface area contributed by atoms with Gasteiger partial charge >= 0.3 is 5.97 Å². The van der Waals surface area contributed by atoms with Crippen molar-refractivity contribution >= 4 is 17.6 Å². The Balaban J connectivity index is 1.95. The number of amides is 1. The second-order valence-electron chi connectivity index (χ2n) is 8.48. The van der Waals surface area contributed by atoms with Gasteiger partial charge in [-0.1, -0.05) is 0 Å². The first-order chi connectivity index (χ1) is 14.0. The summed E-state index contributed by atoms with van der Waals surface area (Å²) in [6.45, 7) is 10.9. The van der Waals surface area contributed by atoms with Crippen LogP contribution in [0.5, 0.6) is 11.5 Å². The van der Waals surface area contributed by atoms with E-state index in [1.165, 1.54) is 4.90 Å². The van der Waals surface area contributed by atoms with Crippen LogP contribution in [0, 0.1) is 13.8 Å². The predicted octanol–water partition coefficient (Wildman–Crippen LogP) is 3.24. The van der Waals surface area contributed by atoms with Crippen LogP contribution in [0.4, 0.5) is 5.69 Å². The summed E-state index contributed by atoms with van der Waals surface area (Å²) in [5, 5.41) is 4.42. The SMILES string of the molecule is Cc1nn(C)c(C)c1[C@H](C)C(=O)N(CC(=O)OC(C)(C)C)c1ccc2c(c1)OCO2. The zero-order valence-corrected chi connectivity index (χ0v) is 18.6. The molecule has 162 valence electrons. The lowest BCUT2D eigenvalue weighted by Gasteiger charge is -2.27. The highest BCUT2D eigenvalue weighted by Gasteiger charge is 2.31. The van der Waals surface area contributed by atoms with Gasteiger partial charge in [0.15, 0.2) is 11.5 Å². The number of nitrogens with zero attached hydrogens (tertiary/aromatic N) is 3. The average molecular weight is 415 g/mol. The molecule has 0 saturated carbocycles. The molecule has 0 N–H and O–H groups in total. The van der Waals surface area contributed by atoms with Crippen LogP contribution in [-0.2, 0) is 21.4 Å². The van der Waals surface area contributed by atoms with Crippen molar-refractivity contribution in [3.05, 3.63) is 35.2 Å². The number of hydrogen-bond acceptors (Lipinski definition) is 6. The number of rotatable bonds is 5. The van der Waals surface area contributed by atoms with Crippen LogP contribution >= 0.6 is 0 Å². The summed E-state index contributed by atoms with van der Waals surface area (Å²) in [6, 6.07) is 5.18. The van der Waals surface area contributed by atoms with Gasteiger partial charge in [0, 0.05) is 30.1 Å². The van der Waals surface area contributed by atoms with E-state index in [4.69, 9.17) is 14.2 Å². The first kappa shape index (κ1) is 21.7. The average Bonchev–Trinajstić information content (AvgIpc) is 3.20. The van der Waals surface area contributed by atoms with Gasteiger partial charge in [-0.05, 0) is 53.7 Å². The molecule has 1 atom stereocenters. The third-order valence-corrected chi connectivity index (χ3v) is 5.01. The van der Waals surface area contributed by atoms with Gasteiger partial charge in [-0.15, -0.1) is 0 Å². The van der Waals surface area contributed by atoms with Crippen molar-refractivity contribution in [2.24, 2.45) is 7.05 Å². The van der Waals surface area contributed by atoms with Crippen LogP contribution in [0.25, 0.3) is 0 Å². The van der Waals surface area contributed by atoms with E-state index in [9.17, 15) is 9.59 Å². The molecular formula is C22H29N3O5. The molecule has 0 radical (unpaired) electrons. The highest BCUT2D eigenvalue weighted by atomic mass is 16.7. The van der Waals surface area contributed by atoms with Crippen LogP contribution in [0.15, 0.2) is 18.2 Å². The molecule has 30 heavy (non-hydrogen) atoms. The molecule has 0 saturated heterocycles. The number of ether oxygens (including phenoxy) is 3. The molecule has 0 fully saturated rings. The number of benzene rings is 1. The third kappa shape index (κ3) is 4.42. The van der Waals surface area contributed by atoms with E-state index in [0.29, 0.717) is 17.2 Å². The first-order valence-corrected chi connectivity index (χ1v) is 9.91. The van der Waals surface area contributed by atoms with E-state index >= 15 is 0 Å². The van der Waals surface area contributed by atoms with Crippen molar-refractivity contribution in [2.75, 3.05) is 18.2 Å². The Bertz CT molecular complexity index is 974. The molecule has 3 rings (SSSR count). The van der Waals surface area contributed by atoms with E-state index in [-0.39, 0.29) is 19.2 Å². The zero-order chi connectivity index (χ0) is 22.2. The normalized spacial score (nSPS) is 13.8. The number of anilines is 1. The largest absolute Gasteiger partial charge is 0.459 e. The van der Waals surface area contributed by atoms with Gasteiger partial charge in [0.25, 0.3) is 0 Å². The maximum Gasteiger partial charge on any atom is 0.326 e. The minimum atomic E-state index is -0.650. The maximum absolute atomic E-state index is 13.6. The summed E-state index contributed by atoms with van der Waals surface area (Å²) in [7, 11) is 1.85. The summed E-state index contributed by atoms with van der Waals surface area (Å²) in [5.41, 5.74) is 2.46. The van der Waals surface area contributed by atoms with Crippen molar-refractivity contribution in [1.82, 2.24) is 9.78 Å². The molecule has 2 aromatic rings. The Hall–Kier alpha value is -3.03. The summed E-state index contributed by atoms with van der Waals surface area (Å²) in [6.07, 6.45) is 0. The molecule has 2 heterocycles. The number of fused-ring (bicyclic) bond motifs is 1. The number of aromatic nitrogens is 2. The molecular weight excluding hydrogens is 386 g/mol. The molecule has 1 aromatic heterocycles. The highest BCUT2D eigenvalue weighted by Crippen LogP contribution is 2.36. The molecule has 0 spiro atoms. The predicted molar refractivity (Wildman–Crippen MR) is 112 cm³/mol. The lowest BCUT2D eigenvalue weighted by Crippen LogP contribution is -2.41. The fourth-order valence-electron chi connectivity index (χ4n) is 3.63. The van der Waals surface area contributed by atoms with Crippen LogP contribution in [0.3, 0.4) is 0 Å². The fourth-order valence-corrected chi connectivity index (χ4v) is 3.63. The van der Waals surface area contributed by atoms with Gasteiger partial charge < -0.3 is 19.1 Å². The zero-order valence-electron chi connectivity index (χ0n) is 18.6. The van der Waals surface area contributed by atoms with Gasteiger partial charge in [-0.2, -0.15) is 5.10 Å². The number of esters is 1. The molecule has 1 aliphatic rings. The van der Waals surface area contributed by atoms with Crippen molar-refractivity contribution in [1.29, 1.82) is 0 Å². The lowest BCUT2D eigenvalue weighted by molar-refractivity contribution is -0.153. The van der Waals surface area contributed by atoms with Crippen LogP contribution in [-0.4, -0.2) is 40.6 Å². The molecule has 0 aliphatic carbocycles. The Morgan fingerprint density at radius 3 is 2.50 bits per heavy atom. The van der Waals surface area contributed by atoms with E-state index in [0.717, 1.165) is 17.0 Å². The lowest BCUT2D eigenvalue weighted by atomic mass is 9.97. The molecule has 0 bridgehead atoms. The summed E-state index contributed by atoms with van der Waals surface area (Å²) in [5.74, 6) is -0.0582. The van der Waals surface area contributed by atoms with Crippen LogP contribution < -0.4 is 14.4 Å². The topological polar surface area (TPSA) is 82.9 Å². The smallest absolute Gasteiger partial charge is 0.326 e. The van der Waals surface area contributed by atoms with E-state index in [1.54, 1.807) is 43.7 Å². The quantitative estimate of drug-likeness (QED) is 0.697. The van der Waals surface area contributed by atoms with Gasteiger partial charge in [0.05, 0.1) is 11.6 Å². The van der Waals surface area contributed by atoms with Gasteiger partial charge in [0.1, 0.15) is 12.1 Å². The van der Waals surface area contributed by atoms with E-state index in [2.05, 4.69) is 5.10 Å². The Labute approximate surface area is 176 Å². The number of hydrogen-bond donors (Lipinski definition) is 0. The Morgan fingerprint density at radius 2 is 1.90 bits per heavy atom. The molecule has 1 aliphatic heterocycles.